The van der Waals surface area contributed by atoms with Crippen LogP contribution in [-0.4, -0.2) is 18.3 Å². The smallest absolute Gasteiger partial charge is 0.231 e. The number of carbonyl (C=O) groups excluding carboxylic acids is 2. The first-order valence-corrected chi connectivity index (χ1v) is 7.19. The summed E-state index contributed by atoms with van der Waals surface area (Å²) in [5.74, 6) is 0.0584. The number of rotatable bonds is 4. The van der Waals surface area contributed by atoms with Gasteiger partial charge in [0, 0.05) is 11.3 Å². The Bertz CT molecular complexity index is 819. The molecule has 0 bridgehead atoms. The summed E-state index contributed by atoms with van der Waals surface area (Å²) in [7, 11) is 0. The molecule has 2 aromatic rings. The molecule has 23 heavy (non-hydrogen) atoms. The van der Waals surface area contributed by atoms with Gasteiger partial charge in [0.15, 0.2) is 12.4 Å². The highest BCUT2D eigenvalue weighted by molar-refractivity contribution is 6.04. The van der Waals surface area contributed by atoms with Gasteiger partial charge >= 0.3 is 0 Å². The van der Waals surface area contributed by atoms with E-state index >= 15 is 0 Å². The standard InChI is InChI=1S/C18H14N2O3/c1-11-15-8-13(4-7-16(15)20-18(11)22)17(21)10-23-14-5-2-12(9-19)3-6-14/h2-8,11H,10H2,1H3,(H,20,22)/t11-/m1/s1. The molecule has 0 aliphatic carbocycles. The van der Waals surface area contributed by atoms with Crippen LogP contribution >= 0.6 is 0 Å². The van der Waals surface area contributed by atoms with Crippen molar-refractivity contribution in [1.82, 2.24) is 0 Å². The van der Waals surface area contributed by atoms with E-state index in [0.29, 0.717) is 16.9 Å². The van der Waals surface area contributed by atoms with Crippen LogP contribution in [0.3, 0.4) is 0 Å². The quantitative estimate of drug-likeness (QED) is 0.881. The maximum absolute atomic E-state index is 12.2. The van der Waals surface area contributed by atoms with Crippen LogP contribution in [0.5, 0.6) is 5.75 Å². The summed E-state index contributed by atoms with van der Waals surface area (Å²) in [6.07, 6.45) is 0. The number of fused-ring (bicyclic) bond motifs is 1. The second kappa shape index (κ2) is 5.93. The lowest BCUT2D eigenvalue weighted by molar-refractivity contribution is -0.116. The van der Waals surface area contributed by atoms with Gasteiger partial charge in [-0.15, -0.1) is 0 Å². The van der Waals surface area contributed by atoms with Crippen LogP contribution in [0.25, 0.3) is 0 Å². The molecule has 1 aliphatic heterocycles. The van der Waals surface area contributed by atoms with Crippen LogP contribution < -0.4 is 10.1 Å². The average molecular weight is 306 g/mol. The average Bonchev–Trinajstić information content (AvgIpc) is 2.87. The molecule has 0 fully saturated rings. The van der Waals surface area contributed by atoms with Crippen molar-refractivity contribution in [3.8, 4) is 11.8 Å². The summed E-state index contributed by atoms with van der Waals surface area (Å²) in [4.78, 5) is 23.9. The minimum absolute atomic E-state index is 0.0570. The third kappa shape index (κ3) is 2.92. The molecule has 0 unspecified atom stereocenters. The Labute approximate surface area is 133 Å². The van der Waals surface area contributed by atoms with Crippen molar-refractivity contribution in [2.24, 2.45) is 0 Å². The Kier molecular flexibility index (Phi) is 3.82. The molecule has 0 saturated heterocycles. The lowest BCUT2D eigenvalue weighted by atomic mass is 9.99. The molecule has 0 saturated carbocycles. The van der Waals surface area contributed by atoms with Crippen LogP contribution in [0.1, 0.15) is 34.3 Å². The van der Waals surface area contributed by atoms with Gasteiger partial charge in [-0.3, -0.25) is 9.59 Å². The van der Waals surface area contributed by atoms with E-state index in [1.54, 1.807) is 42.5 Å². The molecule has 1 N–H and O–H groups in total. The Hall–Kier alpha value is -3.13. The number of nitrogens with one attached hydrogen (secondary N) is 1. The summed E-state index contributed by atoms with van der Waals surface area (Å²) in [5, 5.41) is 11.5. The van der Waals surface area contributed by atoms with E-state index in [-0.39, 0.29) is 24.2 Å². The number of carbonyl (C=O) groups is 2. The van der Waals surface area contributed by atoms with Crippen LogP contribution in [0.15, 0.2) is 42.5 Å². The van der Waals surface area contributed by atoms with E-state index in [0.717, 1.165) is 11.3 Å². The lowest BCUT2D eigenvalue weighted by Gasteiger charge is -2.07. The molecular weight excluding hydrogens is 292 g/mol. The number of benzene rings is 2. The van der Waals surface area contributed by atoms with Gasteiger partial charge in [0.25, 0.3) is 0 Å². The Morgan fingerprint density at radius 1 is 1.26 bits per heavy atom. The first-order chi connectivity index (χ1) is 11.1. The van der Waals surface area contributed by atoms with Crippen molar-refractivity contribution in [1.29, 1.82) is 5.26 Å². The van der Waals surface area contributed by atoms with E-state index < -0.39 is 0 Å². The zero-order valence-electron chi connectivity index (χ0n) is 12.5. The second-order valence-electron chi connectivity index (χ2n) is 5.36. The normalized spacial score (nSPS) is 15.5. The minimum Gasteiger partial charge on any atom is -0.485 e. The summed E-state index contributed by atoms with van der Waals surface area (Å²) in [6, 6.07) is 13.8. The number of amides is 1. The lowest BCUT2D eigenvalue weighted by Crippen LogP contribution is -2.12. The number of Topliss-reactive ketones (excluding diaryl/α,β-unsaturated/α-hetero) is 1. The summed E-state index contributed by atoms with van der Waals surface area (Å²) >= 11 is 0. The van der Waals surface area contributed by atoms with Gasteiger partial charge in [0.1, 0.15) is 5.75 Å². The maximum Gasteiger partial charge on any atom is 0.231 e. The third-order valence-electron chi connectivity index (χ3n) is 3.84. The van der Waals surface area contributed by atoms with Crippen molar-refractivity contribution in [3.63, 3.8) is 0 Å². The number of nitriles is 1. The zero-order chi connectivity index (χ0) is 16.4. The first-order valence-electron chi connectivity index (χ1n) is 7.19. The van der Waals surface area contributed by atoms with Gasteiger partial charge in [-0.05, 0) is 55.0 Å². The van der Waals surface area contributed by atoms with Gasteiger partial charge in [-0.25, -0.2) is 0 Å². The Balaban J connectivity index is 1.69. The second-order valence-corrected chi connectivity index (χ2v) is 5.36. The molecule has 1 amide bonds. The van der Waals surface area contributed by atoms with Crippen molar-refractivity contribution >= 4 is 17.4 Å². The summed E-state index contributed by atoms with van der Waals surface area (Å²) < 4.78 is 5.45. The number of hydrogen-bond donors (Lipinski definition) is 1. The minimum atomic E-state index is -0.253. The Morgan fingerprint density at radius 3 is 2.70 bits per heavy atom. The summed E-state index contributed by atoms with van der Waals surface area (Å²) in [6.45, 7) is 1.71. The molecule has 0 radical (unpaired) electrons. The van der Waals surface area contributed by atoms with Gasteiger partial charge in [-0.2, -0.15) is 5.26 Å². The van der Waals surface area contributed by atoms with Crippen LogP contribution in [0.4, 0.5) is 5.69 Å². The van der Waals surface area contributed by atoms with E-state index in [1.807, 2.05) is 13.0 Å². The molecule has 1 aliphatic rings. The zero-order valence-corrected chi connectivity index (χ0v) is 12.5. The molecule has 3 rings (SSSR count). The molecule has 5 nitrogen and oxygen atoms in total. The summed E-state index contributed by atoms with van der Waals surface area (Å²) in [5.41, 5.74) is 2.64. The Morgan fingerprint density at radius 2 is 2.00 bits per heavy atom. The molecule has 0 aromatic heterocycles. The molecule has 0 spiro atoms. The molecule has 1 heterocycles. The largest absolute Gasteiger partial charge is 0.485 e. The number of ether oxygens (including phenoxy) is 1. The molecule has 2 aromatic carbocycles. The molecule has 1 atom stereocenters. The van der Waals surface area contributed by atoms with E-state index in [4.69, 9.17) is 10.00 Å². The highest BCUT2D eigenvalue weighted by Crippen LogP contribution is 2.32. The van der Waals surface area contributed by atoms with Gasteiger partial charge in [-0.1, -0.05) is 0 Å². The molecule has 5 heteroatoms. The number of hydrogen-bond acceptors (Lipinski definition) is 4. The van der Waals surface area contributed by atoms with Gasteiger partial charge in [0.2, 0.25) is 5.91 Å². The van der Waals surface area contributed by atoms with Gasteiger partial charge in [0.05, 0.1) is 17.6 Å². The fraction of sp³-hybridized carbons (Fsp3) is 0.167. The van der Waals surface area contributed by atoms with E-state index in [2.05, 4.69) is 5.32 Å². The first kappa shape index (κ1) is 14.8. The fourth-order valence-electron chi connectivity index (χ4n) is 2.45. The molecular formula is C18H14N2O3. The van der Waals surface area contributed by atoms with Crippen molar-refractivity contribution in [3.05, 3.63) is 59.2 Å². The van der Waals surface area contributed by atoms with Crippen LogP contribution in [0, 0.1) is 11.3 Å². The SMILES string of the molecule is C[C@H]1C(=O)Nc2ccc(C(=O)COc3ccc(C#N)cc3)cc21. The van der Waals surface area contributed by atoms with Crippen molar-refractivity contribution in [2.75, 3.05) is 11.9 Å². The van der Waals surface area contributed by atoms with E-state index in [9.17, 15) is 9.59 Å². The fourth-order valence-corrected chi connectivity index (χ4v) is 2.45. The predicted molar refractivity (Wildman–Crippen MR) is 84.5 cm³/mol. The van der Waals surface area contributed by atoms with Crippen LogP contribution in [0.2, 0.25) is 0 Å². The van der Waals surface area contributed by atoms with Crippen LogP contribution in [-0.2, 0) is 4.79 Å². The number of ketones is 1. The number of anilines is 1. The predicted octanol–water partition coefficient (Wildman–Crippen LogP) is 2.88. The third-order valence-corrected chi connectivity index (χ3v) is 3.84. The topological polar surface area (TPSA) is 79.2 Å². The van der Waals surface area contributed by atoms with Gasteiger partial charge < -0.3 is 10.1 Å². The van der Waals surface area contributed by atoms with Crippen molar-refractivity contribution < 1.29 is 14.3 Å². The van der Waals surface area contributed by atoms with Crippen molar-refractivity contribution in [2.45, 2.75) is 12.8 Å². The monoisotopic (exact) mass is 306 g/mol. The number of nitrogens with zero attached hydrogens (tertiary/aromatic N) is 1. The van der Waals surface area contributed by atoms with E-state index in [1.165, 1.54) is 0 Å². The highest BCUT2D eigenvalue weighted by atomic mass is 16.5. The maximum atomic E-state index is 12.2. The molecule has 114 valence electrons. The highest BCUT2D eigenvalue weighted by Gasteiger charge is 2.27.